The van der Waals surface area contributed by atoms with E-state index in [0.717, 1.165) is 17.7 Å². The monoisotopic (exact) mass is 198 g/mol. The van der Waals surface area contributed by atoms with Crippen molar-refractivity contribution in [2.75, 3.05) is 13.3 Å². The lowest BCUT2D eigenvalue weighted by Crippen LogP contribution is -2.00. The molecule has 1 rings (SSSR count). The van der Waals surface area contributed by atoms with Crippen LogP contribution >= 0.6 is 0 Å². The molecule has 80 valence electrons. The molecule has 0 unspecified atom stereocenters. The number of hydrogen-bond donors (Lipinski definition) is 0. The van der Waals surface area contributed by atoms with Gasteiger partial charge < -0.3 is 4.74 Å². The van der Waals surface area contributed by atoms with Crippen molar-refractivity contribution in [1.29, 1.82) is 0 Å². The van der Waals surface area contributed by atoms with Gasteiger partial charge in [-0.3, -0.25) is 0 Å². The van der Waals surface area contributed by atoms with Gasteiger partial charge in [-0.25, -0.2) is 4.39 Å². The first-order chi connectivity index (χ1) is 6.88. The average Bonchev–Trinajstić information content (AvgIpc) is 2.29. The van der Waals surface area contributed by atoms with E-state index in [4.69, 9.17) is 4.74 Å². The maximum atomic E-state index is 11.8. The molecule has 0 amide bonds. The fourth-order valence-electron chi connectivity index (χ4n) is 1.09. The Morgan fingerprint density at radius 2 is 1.86 bits per heavy atom. The van der Waals surface area contributed by atoms with Gasteiger partial charge in [0.15, 0.2) is 0 Å². The molecule has 0 bridgehead atoms. The Hall–Kier alpha value is -1.05. The fraction of sp³-hybridized carbons (Fsp3) is 0.500. The molecule has 1 aromatic carbocycles. The smallest absolute Gasteiger partial charge is 0.123 e. The van der Waals surface area contributed by atoms with Gasteiger partial charge in [-0.2, -0.15) is 0 Å². The molecule has 0 saturated carbocycles. The highest BCUT2D eigenvalue weighted by atomic mass is 19.1. The minimum atomic E-state index is -0.432. The summed E-state index contributed by atoms with van der Waals surface area (Å²) in [5.74, 6) is 0.803. The van der Waals surface area contributed by atoms with E-state index in [9.17, 15) is 4.39 Å². The van der Waals surface area contributed by atoms with Crippen LogP contribution in [0.5, 0.6) is 5.75 Å². The SMILES string of the molecule is CC.CCc1ccccc1OCCF. The standard InChI is InChI=1S/C10H13FO.C2H6/c1-2-9-5-3-4-6-10(9)12-8-7-11;1-2/h3-6H,2,7-8H2,1H3;1-2H3. The van der Waals surface area contributed by atoms with Gasteiger partial charge in [0, 0.05) is 0 Å². The second-order valence-electron chi connectivity index (χ2n) is 2.50. The molecule has 14 heavy (non-hydrogen) atoms. The zero-order valence-corrected chi connectivity index (χ0v) is 9.22. The van der Waals surface area contributed by atoms with E-state index in [1.54, 1.807) is 0 Å². The molecule has 0 aromatic heterocycles. The Bertz CT molecular complexity index is 236. The Morgan fingerprint density at radius 3 is 2.43 bits per heavy atom. The number of halogens is 1. The molecule has 2 heteroatoms. The van der Waals surface area contributed by atoms with E-state index in [0.29, 0.717) is 0 Å². The first-order valence-corrected chi connectivity index (χ1v) is 5.15. The van der Waals surface area contributed by atoms with Crippen molar-refractivity contribution in [3.8, 4) is 5.75 Å². The van der Waals surface area contributed by atoms with Crippen LogP contribution < -0.4 is 4.74 Å². The lowest BCUT2D eigenvalue weighted by molar-refractivity contribution is 0.271. The first kappa shape index (κ1) is 12.9. The van der Waals surface area contributed by atoms with Crippen LogP contribution in [-0.4, -0.2) is 13.3 Å². The van der Waals surface area contributed by atoms with Gasteiger partial charge in [-0.1, -0.05) is 39.0 Å². The van der Waals surface area contributed by atoms with Crippen LogP contribution in [0, 0.1) is 0 Å². The third-order valence-corrected chi connectivity index (χ3v) is 1.69. The molecule has 0 aliphatic carbocycles. The molecular formula is C12H19FO. The summed E-state index contributed by atoms with van der Waals surface area (Å²) in [6.45, 7) is 5.77. The Morgan fingerprint density at radius 1 is 1.21 bits per heavy atom. The number of benzene rings is 1. The van der Waals surface area contributed by atoms with Crippen LogP contribution in [0.25, 0.3) is 0 Å². The minimum Gasteiger partial charge on any atom is -0.491 e. The molecular weight excluding hydrogens is 179 g/mol. The highest BCUT2D eigenvalue weighted by Crippen LogP contribution is 2.17. The number of aryl methyl sites for hydroxylation is 1. The van der Waals surface area contributed by atoms with Crippen LogP contribution in [-0.2, 0) is 6.42 Å². The highest BCUT2D eigenvalue weighted by molar-refractivity contribution is 5.33. The number of rotatable bonds is 4. The number of alkyl halides is 1. The number of para-hydroxylation sites is 1. The summed E-state index contributed by atoms with van der Waals surface area (Å²) in [6, 6.07) is 7.72. The Kier molecular flexibility index (Phi) is 7.90. The van der Waals surface area contributed by atoms with Gasteiger partial charge in [0.1, 0.15) is 19.0 Å². The minimum absolute atomic E-state index is 0.150. The summed E-state index contributed by atoms with van der Waals surface area (Å²) in [5.41, 5.74) is 1.13. The molecule has 1 aromatic rings. The zero-order valence-electron chi connectivity index (χ0n) is 9.22. The molecule has 0 atom stereocenters. The number of ether oxygens (including phenoxy) is 1. The van der Waals surface area contributed by atoms with Crippen LogP contribution in [0.4, 0.5) is 4.39 Å². The molecule has 0 heterocycles. The third kappa shape index (κ3) is 4.26. The number of hydrogen-bond acceptors (Lipinski definition) is 1. The molecule has 0 spiro atoms. The largest absolute Gasteiger partial charge is 0.491 e. The summed E-state index contributed by atoms with van der Waals surface area (Å²) < 4.78 is 17.0. The summed E-state index contributed by atoms with van der Waals surface area (Å²) >= 11 is 0. The lowest BCUT2D eigenvalue weighted by atomic mass is 10.1. The van der Waals surface area contributed by atoms with E-state index >= 15 is 0 Å². The van der Waals surface area contributed by atoms with Crippen molar-refractivity contribution in [1.82, 2.24) is 0 Å². The van der Waals surface area contributed by atoms with Crippen molar-refractivity contribution >= 4 is 0 Å². The van der Waals surface area contributed by atoms with Crippen molar-refractivity contribution in [3.63, 3.8) is 0 Å². The van der Waals surface area contributed by atoms with Crippen molar-refractivity contribution < 1.29 is 9.13 Å². The van der Waals surface area contributed by atoms with Crippen LogP contribution in [0.3, 0.4) is 0 Å². The maximum absolute atomic E-state index is 11.8. The second kappa shape index (κ2) is 8.54. The molecule has 0 aliphatic heterocycles. The van der Waals surface area contributed by atoms with E-state index < -0.39 is 6.67 Å². The molecule has 0 fully saturated rings. The summed E-state index contributed by atoms with van der Waals surface area (Å²) in [4.78, 5) is 0. The lowest BCUT2D eigenvalue weighted by Gasteiger charge is -2.07. The zero-order chi connectivity index (χ0) is 10.8. The fourth-order valence-corrected chi connectivity index (χ4v) is 1.09. The summed E-state index contributed by atoms with van der Waals surface area (Å²) in [5, 5.41) is 0. The van der Waals surface area contributed by atoms with E-state index in [2.05, 4.69) is 6.92 Å². The third-order valence-electron chi connectivity index (χ3n) is 1.69. The van der Waals surface area contributed by atoms with Crippen LogP contribution in [0.15, 0.2) is 24.3 Å². The van der Waals surface area contributed by atoms with Gasteiger partial charge >= 0.3 is 0 Å². The van der Waals surface area contributed by atoms with Gasteiger partial charge in [-0.05, 0) is 18.1 Å². The topological polar surface area (TPSA) is 9.23 Å². The van der Waals surface area contributed by atoms with Crippen molar-refractivity contribution in [2.45, 2.75) is 27.2 Å². The normalized spacial score (nSPS) is 8.86. The summed E-state index contributed by atoms with van der Waals surface area (Å²) in [7, 11) is 0. The maximum Gasteiger partial charge on any atom is 0.123 e. The van der Waals surface area contributed by atoms with Gasteiger partial charge in [0.05, 0.1) is 0 Å². The predicted molar refractivity (Wildman–Crippen MR) is 58.6 cm³/mol. The molecule has 1 nitrogen and oxygen atoms in total. The molecule has 0 aliphatic rings. The summed E-state index contributed by atoms with van der Waals surface area (Å²) in [6.07, 6.45) is 0.919. The van der Waals surface area contributed by atoms with E-state index in [1.807, 2.05) is 38.1 Å². The quantitative estimate of drug-likeness (QED) is 0.718. The van der Waals surface area contributed by atoms with Crippen LogP contribution in [0.1, 0.15) is 26.3 Å². The van der Waals surface area contributed by atoms with Crippen molar-refractivity contribution in [3.05, 3.63) is 29.8 Å². The average molecular weight is 198 g/mol. The van der Waals surface area contributed by atoms with Crippen molar-refractivity contribution in [2.24, 2.45) is 0 Å². The molecule has 0 radical (unpaired) electrons. The Labute approximate surface area is 85.9 Å². The highest BCUT2D eigenvalue weighted by Gasteiger charge is 1.98. The van der Waals surface area contributed by atoms with Gasteiger partial charge in [0.25, 0.3) is 0 Å². The van der Waals surface area contributed by atoms with E-state index in [-0.39, 0.29) is 6.61 Å². The molecule has 0 N–H and O–H groups in total. The molecule has 0 saturated heterocycles. The van der Waals surface area contributed by atoms with Gasteiger partial charge in [-0.15, -0.1) is 0 Å². The van der Waals surface area contributed by atoms with E-state index in [1.165, 1.54) is 0 Å². The van der Waals surface area contributed by atoms with Gasteiger partial charge in [0.2, 0.25) is 0 Å². The Balaban J connectivity index is 0.000000791. The second-order valence-corrected chi connectivity index (χ2v) is 2.50. The van der Waals surface area contributed by atoms with Crippen LogP contribution in [0.2, 0.25) is 0 Å². The predicted octanol–water partition coefficient (Wildman–Crippen LogP) is 3.62. The first-order valence-electron chi connectivity index (χ1n) is 5.15.